The van der Waals surface area contributed by atoms with E-state index < -0.39 is 0 Å². The minimum atomic E-state index is 0.348. The Labute approximate surface area is 114 Å². The van der Waals surface area contributed by atoms with E-state index in [-0.39, 0.29) is 0 Å². The van der Waals surface area contributed by atoms with Crippen molar-refractivity contribution in [3.8, 4) is 22.6 Å². The molecule has 1 N–H and O–H groups in total. The van der Waals surface area contributed by atoms with Crippen molar-refractivity contribution in [2.75, 3.05) is 6.61 Å². The Balaban J connectivity index is 2.23. The normalized spacial score (nSPS) is 13.2. The average Bonchev–Trinajstić information content (AvgIpc) is 2.81. The Morgan fingerprint density at radius 2 is 1.94 bits per heavy atom. The van der Waals surface area contributed by atoms with Crippen molar-refractivity contribution < 1.29 is 9.84 Å². The molecule has 1 aliphatic heterocycles. The van der Waals surface area contributed by atoms with E-state index in [0.717, 1.165) is 38.9 Å². The van der Waals surface area contributed by atoms with Crippen LogP contribution in [0.15, 0.2) is 34.8 Å². The maximum Gasteiger partial charge on any atom is 0.134 e. The molecule has 3 heteroatoms. The molecule has 2 nitrogen and oxygen atoms in total. The van der Waals surface area contributed by atoms with E-state index in [1.165, 1.54) is 0 Å². The van der Waals surface area contributed by atoms with Gasteiger partial charge in [-0.1, -0.05) is 28.1 Å². The molecule has 0 radical (unpaired) electrons. The lowest BCUT2D eigenvalue weighted by atomic mass is 9.96. The average molecular weight is 305 g/mol. The molecule has 0 aromatic heterocycles. The van der Waals surface area contributed by atoms with Crippen LogP contribution in [-0.4, -0.2) is 11.7 Å². The van der Waals surface area contributed by atoms with E-state index in [4.69, 9.17) is 4.74 Å². The predicted octanol–water partition coefficient (Wildman–Crippen LogP) is 4.07. The molecular weight excluding hydrogens is 292 g/mol. The fraction of sp³-hybridized carbons (Fsp3) is 0.200. The zero-order valence-corrected chi connectivity index (χ0v) is 11.6. The van der Waals surface area contributed by atoms with E-state index >= 15 is 0 Å². The second kappa shape index (κ2) is 4.32. The van der Waals surface area contributed by atoms with Crippen molar-refractivity contribution >= 4 is 15.9 Å². The number of rotatable bonds is 1. The van der Waals surface area contributed by atoms with E-state index in [0.29, 0.717) is 12.4 Å². The standard InChI is InChI=1S/C15H13BrO2/c1-9-8-13(17)12-6-7-18-15(12)14(9)10-2-4-11(16)5-3-10/h2-5,8,17H,6-7H2,1H3. The third-order valence-corrected chi connectivity index (χ3v) is 3.82. The maximum atomic E-state index is 9.94. The van der Waals surface area contributed by atoms with Gasteiger partial charge < -0.3 is 9.84 Å². The zero-order valence-electron chi connectivity index (χ0n) is 10.0. The molecule has 0 amide bonds. The van der Waals surface area contributed by atoms with Gasteiger partial charge in [0.1, 0.15) is 11.5 Å². The number of phenolic OH excluding ortho intramolecular Hbond substituents is 1. The Morgan fingerprint density at radius 3 is 2.67 bits per heavy atom. The Hall–Kier alpha value is -1.48. The molecular formula is C15H13BrO2. The minimum Gasteiger partial charge on any atom is -0.508 e. The summed E-state index contributed by atoms with van der Waals surface area (Å²) in [5.74, 6) is 1.19. The Bertz CT molecular complexity index is 603. The third kappa shape index (κ3) is 1.79. The van der Waals surface area contributed by atoms with Crippen molar-refractivity contribution in [3.63, 3.8) is 0 Å². The first-order chi connectivity index (χ1) is 8.66. The van der Waals surface area contributed by atoms with E-state index in [9.17, 15) is 5.11 Å². The first-order valence-corrected chi connectivity index (χ1v) is 6.70. The highest BCUT2D eigenvalue weighted by Gasteiger charge is 2.22. The molecule has 0 unspecified atom stereocenters. The van der Waals surface area contributed by atoms with Gasteiger partial charge in [-0.25, -0.2) is 0 Å². The first kappa shape index (κ1) is 11.6. The van der Waals surface area contributed by atoms with Crippen molar-refractivity contribution in [2.24, 2.45) is 0 Å². The molecule has 0 aliphatic carbocycles. The van der Waals surface area contributed by atoms with Crippen LogP contribution in [0.1, 0.15) is 11.1 Å². The number of hydrogen-bond donors (Lipinski definition) is 1. The molecule has 0 saturated heterocycles. The molecule has 1 aliphatic rings. The van der Waals surface area contributed by atoms with Crippen LogP contribution in [-0.2, 0) is 6.42 Å². The number of ether oxygens (including phenoxy) is 1. The highest BCUT2D eigenvalue weighted by Crippen LogP contribution is 2.43. The molecule has 3 rings (SSSR count). The number of fused-ring (bicyclic) bond motifs is 1. The molecule has 0 saturated carbocycles. The smallest absolute Gasteiger partial charge is 0.134 e. The van der Waals surface area contributed by atoms with Crippen LogP contribution >= 0.6 is 15.9 Å². The summed E-state index contributed by atoms with van der Waals surface area (Å²) >= 11 is 3.44. The van der Waals surface area contributed by atoms with E-state index in [1.807, 2.05) is 25.1 Å². The minimum absolute atomic E-state index is 0.348. The van der Waals surface area contributed by atoms with Crippen LogP contribution in [0.25, 0.3) is 11.1 Å². The SMILES string of the molecule is Cc1cc(O)c2c(c1-c1ccc(Br)cc1)OCC2. The molecule has 2 aromatic rings. The van der Waals surface area contributed by atoms with Crippen molar-refractivity contribution in [2.45, 2.75) is 13.3 Å². The number of aromatic hydroxyl groups is 1. The topological polar surface area (TPSA) is 29.5 Å². The molecule has 1 heterocycles. The summed E-state index contributed by atoms with van der Waals surface area (Å²) in [7, 11) is 0. The zero-order chi connectivity index (χ0) is 12.7. The second-order valence-electron chi connectivity index (χ2n) is 4.50. The monoisotopic (exact) mass is 304 g/mol. The van der Waals surface area contributed by atoms with Gasteiger partial charge in [-0.3, -0.25) is 0 Å². The lowest BCUT2D eigenvalue weighted by Crippen LogP contribution is -1.91. The van der Waals surface area contributed by atoms with Gasteiger partial charge >= 0.3 is 0 Å². The van der Waals surface area contributed by atoms with Gasteiger partial charge in [0.15, 0.2) is 0 Å². The van der Waals surface area contributed by atoms with Crippen LogP contribution in [0.2, 0.25) is 0 Å². The summed E-state index contributed by atoms with van der Waals surface area (Å²) in [5.41, 5.74) is 4.18. The molecule has 0 spiro atoms. The van der Waals surface area contributed by atoms with Gasteiger partial charge in [0.25, 0.3) is 0 Å². The molecule has 18 heavy (non-hydrogen) atoms. The van der Waals surface area contributed by atoms with Crippen molar-refractivity contribution in [1.29, 1.82) is 0 Å². The summed E-state index contributed by atoms with van der Waals surface area (Å²) in [4.78, 5) is 0. The third-order valence-electron chi connectivity index (χ3n) is 3.29. The van der Waals surface area contributed by atoms with Gasteiger partial charge in [-0.2, -0.15) is 0 Å². The lowest BCUT2D eigenvalue weighted by Gasteiger charge is -2.13. The fourth-order valence-electron chi connectivity index (χ4n) is 2.44. The summed E-state index contributed by atoms with van der Waals surface area (Å²) in [6, 6.07) is 9.98. The number of aryl methyl sites for hydroxylation is 1. The van der Waals surface area contributed by atoms with Crippen molar-refractivity contribution in [1.82, 2.24) is 0 Å². The van der Waals surface area contributed by atoms with E-state index in [2.05, 4.69) is 28.1 Å². The number of hydrogen-bond acceptors (Lipinski definition) is 2. The molecule has 0 bridgehead atoms. The summed E-state index contributed by atoms with van der Waals surface area (Å²) in [6.07, 6.45) is 0.783. The van der Waals surface area contributed by atoms with E-state index in [1.54, 1.807) is 0 Å². The second-order valence-corrected chi connectivity index (χ2v) is 5.42. The molecule has 2 aromatic carbocycles. The molecule has 92 valence electrons. The van der Waals surface area contributed by atoms with Crippen LogP contribution < -0.4 is 4.74 Å². The predicted molar refractivity (Wildman–Crippen MR) is 75.2 cm³/mol. The summed E-state index contributed by atoms with van der Waals surface area (Å²) < 4.78 is 6.76. The van der Waals surface area contributed by atoms with Gasteiger partial charge in [-0.15, -0.1) is 0 Å². The van der Waals surface area contributed by atoms with Crippen LogP contribution in [0.3, 0.4) is 0 Å². The quantitative estimate of drug-likeness (QED) is 0.861. The van der Waals surface area contributed by atoms with Crippen molar-refractivity contribution in [3.05, 3.63) is 45.9 Å². The molecule has 0 fully saturated rings. The first-order valence-electron chi connectivity index (χ1n) is 5.91. The van der Waals surface area contributed by atoms with Crippen LogP contribution in [0, 0.1) is 6.92 Å². The summed E-state index contributed by atoms with van der Waals surface area (Å²) in [5, 5.41) is 9.94. The van der Waals surface area contributed by atoms with Gasteiger partial charge in [0, 0.05) is 22.0 Å². The number of halogens is 1. The largest absolute Gasteiger partial charge is 0.508 e. The highest BCUT2D eigenvalue weighted by atomic mass is 79.9. The van der Waals surface area contributed by atoms with Crippen LogP contribution in [0.4, 0.5) is 0 Å². The fourth-order valence-corrected chi connectivity index (χ4v) is 2.71. The van der Waals surface area contributed by atoms with Gasteiger partial charge in [0.05, 0.1) is 6.61 Å². The summed E-state index contributed by atoms with van der Waals surface area (Å²) in [6.45, 7) is 2.65. The number of phenols is 1. The lowest BCUT2D eigenvalue weighted by molar-refractivity contribution is 0.358. The Morgan fingerprint density at radius 1 is 1.22 bits per heavy atom. The number of benzene rings is 2. The highest BCUT2D eigenvalue weighted by molar-refractivity contribution is 9.10. The van der Waals surface area contributed by atoms with Crippen LogP contribution in [0.5, 0.6) is 11.5 Å². The Kier molecular flexibility index (Phi) is 2.78. The maximum absolute atomic E-state index is 9.94. The van der Waals surface area contributed by atoms with Gasteiger partial charge in [0.2, 0.25) is 0 Å². The van der Waals surface area contributed by atoms with Gasteiger partial charge in [-0.05, 0) is 36.2 Å². The molecule has 0 atom stereocenters.